The summed E-state index contributed by atoms with van der Waals surface area (Å²) in [4.78, 5) is 23.4. The van der Waals surface area contributed by atoms with E-state index in [1.54, 1.807) is 0 Å². The van der Waals surface area contributed by atoms with E-state index in [1.807, 2.05) is 21.1 Å². The second-order valence-corrected chi connectivity index (χ2v) is 25.3. The number of quaternary nitrogens is 1. The van der Waals surface area contributed by atoms with Crippen molar-refractivity contribution in [1.29, 1.82) is 0 Å². The van der Waals surface area contributed by atoms with Gasteiger partial charge in [0.1, 0.15) is 13.2 Å². The third-order valence-electron chi connectivity index (χ3n) is 15.1. The van der Waals surface area contributed by atoms with Crippen LogP contribution in [-0.2, 0) is 18.4 Å². The summed E-state index contributed by atoms with van der Waals surface area (Å²) in [7, 11) is 1.62. The van der Waals surface area contributed by atoms with Crippen LogP contribution < -0.4 is 5.32 Å². The number of nitrogens with one attached hydrogen (secondary N) is 1. The molecule has 0 rings (SSSR count). The van der Waals surface area contributed by atoms with Crippen molar-refractivity contribution in [2.24, 2.45) is 0 Å². The zero-order chi connectivity index (χ0) is 54.9. The van der Waals surface area contributed by atoms with Crippen molar-refractivity contribution in [3.63, 3.8) is 0 Å². The first-order valence-corrected chi connectivity index (χ1v) is 34.3. The van der Waals surface area contributed by atoms with Crippen LogP contribution in [0.1, 0.15) is 328 Å². The van der Waals surface area contributed by atoms with E-state index >= 15 is 0 Å². The second-order valence-electron chi connectivity index (χ2n) is 23.9. The number of aliphatic hydroxyl groups excluding tert-OH is 1. The van der Waals surface area contributed by atoms with Crippen LogP contribution in [0.4, 0.5) is 0 Å². The van der Waals surface area contributed by atoms with Crippen LogP contribution in [0, 0.1) is 0 Å². The van der Waals surface area contributed by atoms with Crippen molar-refractivity contribution < 1.29 is 32.9 Å². The first-order chi connectivity index (χ1) is 36.5. The summed E-state index contributed by atoms with van der Waals surface area (Å²) in [5.41, 5.74) is 0. The summed E-state index contributed by atoms with van der Waals surface area (Å²) in [6, 6.07) is -0.770. The van der Waals surface area contributed by atoms with Gasteiger partial charge in [0, 0.05) is 6.42 Å². The Kier molecular flexibility index (Phi) is 56.4. The molecule has 444 valence electrons. The molecule has 0 radical (unpaired) electrons. The molecule has 0 aromatic carbocycles. The smallest absolute Gasteiger partial charge is 0.391 e. The fourth-order valence-electron chi connectivity index (χ4n) is 10.00. The van der Waals surface area contributed by atoms with Gasteiger partial charge in [0.05, 0.1) is 39.9 Å². The summed E-state index contributed by atoms with van der Waals surface area (Å²) in [6.45, 7) is 4.91. The Morgan fingerprint density at radius 3 is 1.11 bits per heavy atom. The van der Waals surface area contributed by atoms with Crippen molar-refractivity contribution in [3.05, 3.63) is 36.5 Å². The third kappa shape index (κ3) is 60.2. The fourth-order valence-corrected chi connectivity index (χ4v) is 10.7. The van der Waals surface area contributed by atoms with Gasteiger partial charge in [0.15, 0.2) is 0 Å². The minimum Gasteiger partial charge on any atom is -0.391 e. The van der Waals surface area contributed by atoms with Crippen LogP contribution in [0.15, 0.2) is 36.5 Å². The van der Waals surface area contributed by atoms with Crippen LogP contribution in [0.3, 0.4) is 0 Å². The Balaban J connectivity index is 4.05. The number of carbonyl (C=O) groups excluding carboxylic acids is 1. The van der Waals surface area contributed by atoms with Crippen LogP contribution >= 0.6 is 7.82 Å². The minimum atomic E-state index is -4.33. The van der Waals surface area contributed by atoms with Gasteiger partial charge >= 0.3 is 7.82 Å². The van der Waals surface area contributed by atoms with E-state index in [2.05, 4.69) is 55.6 Å². The monoisotopic (exact) mass is 1080 g/mol. The molecule has 3 atom stereocenters. The Morgan fingerprint density at radius 2 is 0.760 bits per heavy atom. The number of phosphoric ester groups is 1. The predicted molar refractivity (Wildman–Crippen MR) is 328 cm³/mol. The highest BCUT2D eigenvalue weighted by Gasteiger charge is 2.28. The molecule has 9 heteroatoms. The van der Waals surface area contributed by atoms with E-state index in [0.717, 1.165) is 64.2 Å². The van der Waals surface area contributed by atoms with Crippen LogP contribution in [0.5, 0.6) is 0 Å². The maximum absolute atomic E-state index is 13.0. The van der Waals surface area contributed by atoms with Crippen molar-refractivity contribution in [3.8, 4) is 0 Å². The molecule has 0 aliphatic heterocycles. The number of hydrogen-bond donors (Lipinski definition) is 3. The first-order valence-electron chi connectivity index (χ1n) is 32.9. The third-order valence-corrected chi connectivity index (χ3v) is 16.1. The lowest BCUT2D eigenvalue weighted by Crippen LogP contribution is -2.46. The van der Waals surface area contributed by atoms with Gasteiger partial charge in [-0.3, -0.25) is 13.8 Å². The maximum Gasteiger partial charge on any atom is 0.472 e. The number of rotatable bonds is 61. The maximum atomic E-state index is 13.0. The minimum absolute atomic E-state index is 0.0719. The first kappa shape index (κ1) is 73.7. The van der Waals surface area contributed by atoms with Crippen LogP contribution in [0.2, 0.25) is 0 Å². The van der Waals surface area contributed by atoms with Gasteiger partial charge in [0.2, 0.25) is 5.91 Å². The molecule has 0 aliphatic carbocycles. The largest absolute Gasteiger partial charge is 0.472 e. The Morgan fingerprint density at radius 1 is 0.453 bits per heavy atom. The topological polar surface area (TPSA) is 105 Å². The van der Waals surface area contributed by atoms with Crippen molar-refractivity contribution in [1.82, 2.24) is 5.32 Å². The Bertz CT molecular complexity index is 1320. The molecule has 0 aliphatic rings. The highest BCUT2D eigenvalue weighted by Crippen LogP contribution is 2.43. The van der Waals surface area contributed by atoms with Crippen LogP contribution in [0.25, 0.3) is 0 Å². The summed E-state index contributed by atoms with van der Waals surface area (Å²) >= 11 is 0. The standard InChI is InChI=1S/C66H129N2O6P/c1-6-8-10-12-14-16-18-20-22-24-26-28-29-30-31-32-33-34-35-36-37-38-40-41-43-45-47-49-51-53-55-57-59-65(69)64(63-74-75(71,72)73-62-61-68(3,4)5)67-66(70)60-58-56-54-52-50-48-46-44-42-39-27-25-23-21-19-17-15-13-11-9-7-2/h19,21,25,27,42,44,64-65,69H,6-18,20,22-24,26,28-41,43,45-63H2,1-5H3,(H-,67,70,71,72)/p+1/b21-19-,27-25-,44-42-. The van der Waals surface area contributed by atoms with Gasteiger partial charge in [0.25, 0.3) is 0 Å². The molecule has 3 N–H and O–H groups in total. The lowest BCUT2D eigenvalue weighted by atomic mass is 10.0. The van der Waals surface area contributed by atoms with E-state index < -0.39 is 20.0 Å². The molecule has 0 aromatic rings. The van der Waals surface area contributed by atoms with Crippen LogP contribution in [-0.4, -0.2) is 73.4 Å². The van der Waals surface area contributed by atoms with E-state index in [4.69, 9.17) is 9.05 Å². The van der Waals surface area contributed by atoms with E-state index in [0.29, 0.717) is 23.9 Å². The number of allylic oxidation sites excluding steroid dienone is 6. The SMILES string of the molecule is CCCCCCC/C=C\C/C=C\C/C=C\CCCCCCCCC(=O)NC(COP(=O)(O)OCC[N+](C)(C)C)C(O)CCCCCCCCCCCCCCCCCCCCCCCCCCCCCCCCCC. The summed E-state index contributed by atoms with van der Waals surface area (Å²) in [5.74, 6) is -0.152. The molecular formula is C66H130N2O6P+. The molecule has 0 heterocycles. The Labute approximate surface area is 467 Å². The fraction of sp³-hybridized carbons (Fsp3) is 0.894. The number of carbonyl (C=O) groups is 1. The van der Waals surface area contributed by atoms with Gasteiger partial charge in [-0.1, -0.05) is 307 Å². The molecule has 0 fully saturated rings. The highest BCUT2D eigenvalue weighted by atomic mass is 31.2. The normalized spacial score (nSPS) is 14.0. The highest BCUT2D eigenvalue weighted by molar-refractivity contribution is 7.47. The van der Waals surface area contributed by atoms with Crippen molar-refractivity contribution in [2.45, 2.75) is 341 Å². The molecular weight excluding hydrogens is 948 g/mol. The molecule has 0 saturated carbocycles. The lowest BCUT2D eigenvalue weighted by Gasteiger charge is -2.26. The van der Waals surface area contributed by atoms with E-state index in [1.165, 1.54) is 238 Å². The molecule has 0 aromatic heterocycles. The summed E-state index contributed by atoms with van der Waals surface area (Å²) in [6.07, 6.45) is 75.2. The average molecular weight is 1080 g/mol. The molecule has 8 nitrogen and oxygen atoms in total. The molecule has 3 unspecified atom stereocenters. The quantitative estimate of drug-likeness (QED) is 0.0243. The zero-order valence-electron chi connectivity index (χ0n) is 50.8. The Hall–Kier alpha value is -1.28. The molecule has 0 saturated heterocycles. The molecule has 0 bridgehead atoms. The number of phosphoric acid groups is 1. The summed E-state index contributed by atoms with van der Waals surface area (Å²) < 4.78 is 23.8. The zero-order valence-corrected chi connectivity index (χ0v) is 51.7. The lowest BCUT2D eigenvalue weighted by molar-refractivity contribution is -0.870. The van der Waals surface area contributed by atoms with Gasteiger partial charge in [-0.25, -0.2) is 4.57 Å². The second kappa shape index (κ2) is 57.4. The van der Waals surface area contributed by atoms with E-state index in [-0.39, 0.29) is 19.1 Å². The predicted octanol–water partition coefficient (Wildman–Crippen LogP) is 20.5. The number of nitrogens with zero attached hydrogens (tertiary/aromatic N) is 1. The summed E-state index contributed by atoms with van der Waals surface area (Å²) in [5, 5.41) is 14.1. The molecule has 75 heavy (non-hydrogen) atoms. The van der Waals surface area contributed by atoms with Gasteiger partial charge in [-0.05, 0) is 51.4 Å². The molecule has 1 amide bonds. The number of hydrogen-bond acceptors (Lipinski definition) is 5. The van der Waals surface area contributed by atoms with Crippen molar-refractivity contribution >= 4 is 13.7 Å². The van der Waals surface area contributed by atoms with Gasteiger partial charge in [-0.15, -0.1) is 0 Å². The van der Waals surface area contributed by atoms with E-state index in [9.17, 15) is 19.4 Å². The molecule has 0 spiro atoms. The number of aliphatic hydroxyl groups is 1. The van der Waals surface area contributed by atoms with Gasteiger partial charge in [-0.2, -0.15) is 0 Å². The van der Waals surface area contributed by atoms with Crippen molar-refractivity contribution in [2.75, 3.05) is 40.9 Å². The average Bonchev–Trinajstić information content (AvgIpc) is 3.37. The van der Waals surface area contributed by atoms with Gasteiger partial charge < -0.3 is 19.8 Å². The number of amides is 1. The number of unbranched alkanes of at least 4 members (excludes halogenated alkanes) is 42. The number of likely N-dealkylation sites (N-methyl/N-ethyl adjacent to an activating group) is 1.